The number of aliphatic hydroxyl groups is 1. The second-order valence-electron chi connectivity index (χ2n) is 10.4. The second kappa shape index (κ2) is 8.31. The number of anilines is 1. The summed E-state index contributed by atoms with van der Waals surface area (Å²) in [7, 11) is 1.55. The molecule has 186 valence electrons. The molecule has 7 atom stereocenters. The molecule has 0 radical (unpaired) electrons. The largest absolute Gasteiger partial charge is 0.394 e. The van der Waals surface area contributed by atoms with E-state index in [1.807, 2.05) is 63.2 Å². The second-order valence-corrected chi connectivity index (χ2v) is 10.4. The number of fused-ring (bicyclic) bond motifs is 2. The van der Waals surface area contributed by atoms with Gasteiger partial charge in [-0.15, -0.1) is 0 Å². The van der Waals surface area contributed by atoms with Crippen LogP contribution in [0.15, 0.2) is 42.5 Å². The Morgan fingerprint density at radius 3 is 2.57 bits per heavy atom. The first-order valence-electron chi connectivity index (χ1n) is 12.4. The highest BCUT2D eigenvalue weighted by molar-refractivity contribution is 6.04. The van der Waals surface area contributed by atoms with E-state index in [4.69, 9.17) is 4.74 Å². The fraction of sp³-hybridized carbons (Fsp3) is 0.519. The van der Waals surface area contributed by atoms with Gasteiger partial charge in [-0.2, -0.15) is 0 Å². The van der Waals surface area contributed by atoms with Crippen LogP contribution in [-0.4, -0.2) is 64.7 Å². The number of likely N-dealkylation sites (tertiary alicyclic amines) is 1. The van der Waals surface area contributed by atoms with Gasteiger partial charge in [0.2, 0.25) is 17.7 Å². The summed E-state index contributed by atoms with van der Waals surface area (Å²) in [5.74, 6) is -2.44. The van der Waals surface area contributed by atoms with E-state index in [1.165, 1.54) is 4.90 Å². The van der Waals surface area contributed by atoms with Crippen LogP contribution in [0.2, 0.25) is 0 Å². The van der Waals surface area contributed by atoms with E-state index >= 15 is 0 Å². The molecule has 3 unspecified atom stereocenters. The fourth-order valence-corrected chi connectivity index (χ4v) is 6.82. The van der Waals surface area contributed by atoms with Crippen LogP contribution in [0.5, 0.6) is 0 Å². The SMILES string of the molecule is CC[C@@H](CO)N1C(=O)[C@@H]2[C@H](C(=O)NC)[C@@]3(C)OC2(CC3C)C1C(=O)Nc1ccc2ccccc2c1. The van der Waals surface area contributed by atoms with E-state index in [1.54, 1.807) is 7.05 Å². The molecule has 2 aromatic rings. The Hall–Kier alpha value is -2.97. The van der Waals surface area contributed by atoms with Crippen molar-refractivity contribution >= 4 is 34.2 Å². The quantitative estimate of drug-likeness (QED) is 0.589. The molecule has 8 heteroatoms. The molecule has 8 nitrogen and oxygen atoms in total. The number of ether oxygens (including phenoxy) is 1. The first-order chi connectivity index (χ1) is 16.7. The van der Waals surface area contributed by atoms with E-state index in [0.29, 0.717) is 18.5 Å². The number of nitrogens with zero attached hydrogens (tertiary/aromatic N) is 1. The van der Waals surface area contributed by atoms with Gasteiger partial charge in [0.15, 0.2) is 0 Å². The number of nitrogens with one attached hydrogen (secondary N) is 2. The molecule has 3 saturated heterocycles. The summed E-state index contributed by atoms with van der Waals surface area (Å²) in [5.41, 5.74) is -1.37. The molecule has 2 bridgehead atoms. The predicted molar refractivity (Wildman–Crippen MR) is 131 cm³/mol. The minimum atomic E-state index is -1.13. The van der Waals surface area contributed by atoms with Gasteiger partial charge in [-0.25, -0.2) is 0 Å². The molecular formula is C27H33N3O5. The number of rotatable bonds is 6. The highest BCUT2D eigenvalue weighted by atomic mass is 16.5. The van der Waals surface area contributed by atoms with Crippen molar-refractivity contribution in [1.82, 2.24) is 10.2 Å². The van der Waals surface area contributed by atoms with Crippen molar-refractivity contribution in [3.05, 3.63) is 42.5 Å². The first-order valence-corrected chi connectivity index (χ1v) is 12.4. The van der Waals surface area contributed by atoms with Crippen LogP contribution >= 0.6 is 0 Å². The van der Waals surface area contributed by atoms with Gasteiger partial charge in [0.05, 0.1) is 30.1 Å². The molecule has 3 aliphatic rings. The molecule has 5 rings (SSSR count). The van der Waals surface area contributed by atoms with E-state index < -0.39 is 35.1 Å². The Kier molecular flexibility index (Phi) is 5.64. The van der Waals surface area contributed by atoms with Crippen LogP contribution in [0, 0.1) is 17.8 Å². The first kappa shape index (κ1) is 23.8. The number of amides is 3. The van der Waals surface area contributed by atoms with E-state index in [2.05, 4.69) is 10.6 Å². The van der Waals surface area contributed by atoms with Crippen LogP contribution < -0.4 is 10.6 Å². The van der Waals surface area contributed by atoms with E-state index in [0.717, 1.165) is 10.8 Å². The highest BCUT2D eigenvalue weighted by Gasteiger charge is 2.80. The van der Waals surface area contributed by atoms with Crippen LogP contribution in [0.25, 0.3) is 10.8 Å². The zero-order valence-electron chi connectivity index (χ0n) is 20.6. The number of carbonyl (C=O) groups excluding carboxylic acids is 3. The van der Waals surface area contributed by atoms with Gasteiger partial charge >= 0.3 is 0 Å². The van der Waals surface area contributed by atoms with Crippen molar-refractivity contribution in [2.75, 3.05) is 19.0 Å². The minimum Gasteiger partial charge on any atom is -0.394 e. The van der Waals surface area contributed by atoms with Crippen molar-refractivity contribution < 1.29 is 24.2 Å². The molecule has 0 aromatic heterocycles. The number of carbonyl (C=O) groups is 3. The lowest BCUT2D eigenvalue weighted by Gasteiger charge is -2.36. The maximum absolute atomic E-state index is 14.0. The van der Waals surface area contributed by atoms with Crippen LogP contribution in [-0.2, 0) is 19.1 Å². The van der Waals surface area contributed by atoms with Gasteiger partial charge in [-0.1, -0.05) is 44.2 Å². The Labute approximate surface area is 205 Å². The zero-order chi connectivity index (χ0) is 25.1. The molecule has 0 saturated carbocycles. The third-order valence-electron chi connectivity index (χ3n) is 8.62. The van der Waals surface area contributed by atoms with Crippen LogP contribution in [0.1, 0.15) is 33.6 Å². The minimum absolute atomic E-state index is 0.0287. The summed E-state index contributed by atoms with van der Waals surface area (Å²) in [6.45, 7) is 5.48. The molecule has 3 fully saturated rings. The van der Waals surface area contributed by atoms with Gasteiger partial charge in [0.25, 0.3) is 0 Å². The van der Waals surface area contributed by atoms with Gasteiger partial charge in [0.1, 0.15) is 11.6 Å². The molecule has 0 aliphatic carbocycles. The molecule has 1 spiro atoms. The Balaban J connectivity index is 1.58. The molecule has 35 heavy (non-hydrogen) atoms. The average Bonchev–Trinajstić information content (AvgIpc) is 3.36. The van der Waals surface area contributed by atoms with Crippen molar-refractivity contribution in [2.24, 2.45) is 17.8 Å². The topological polar surface area (TPSA) is 108 Å². The van der Waals surface area contributed by atoms with Crippen molar-refractivity contribution in [1.29, 1.82) is 0 Å². The third-order valence-corrected chi connectivity index (χ3v) is 8.62. The van der Waals surface area contributed by atoms with Crippen LogP contribution in [0.4, 0.5) is 5.69 Å². The standard InChI is InChI=1S/C27H33N3O5/c1-5-19(14-31)30-22(24(33)29-18-11-10-16-8-6-7-9-17(16)12-18)27-13-15(2)26(3,35-27)20(23(32)28-4)21(27)25(30)34/h6-12,15,19-22,31H,5,13-14H2,1-4H3,(H,28,32)(H,29,33)/t15?,19-,20+,21-,22?,26-,27?/m0/s1. The number of hydrogen-bond donors (Lipinski definition) is 3. The Morgan fingerprint density at radius 1 is 1.20 bits per heavy atom. The lowest BCUT2D eigenvalue weighted by Crippen LogP contribution is -2.56. The van der Waals surface area contributed by atoms with Gasteiger partial charge in [-0.3, -0.25) is 14.4 Å². The van der Waals surface area contributed by atoms with Gasteiger partial charge < -0.3 is 25.4 Å². The molecule has 3 heterocycles. The van der Waals surface area contributed by atoms with Crippen molar-refractivity contribution in [3.8, 4) is 0 Å². The molecule has 2 aromatic carbocycles. The summed E-state index contributed by atoms with van der Waals surface area (Å²) < 4.78 is 6.63. The lowest BCUT2D eigenvalue weighted by molar-refractivity contribution is -0.149. The summed E-state index contributed by atoms with van der Waals surface area (Å²) in [4.78, 5) is 42.4. The van der Waals surface area contributed by atoms with E-state index in [9.17, 15) is 19.5 Å². The molecule has 3 N–H and O–H groups in total. The Bertz CT molecular complexity index is 1200. The summed E-state index contributed by atoms with van der Waals surface area (Å²) >= 11 is 0. The fourth-order valence-electron chi connectivity index (χ4n) is 6.82. The van der Waals surface area contributed by atoms with Crippen LogP contribution in [0.3, 0.4) is 0 Å². The number of hydrogen-bond acceptors (Lipinski definition) is 5. The number of benzene rings is 2. The molecule has 3 aliphatic heterocycles. The summed E-state index contributed by atoms with van der Waals surface area (Å²) in [6.07, 6.45) is 0.962. The monoisotopic (exact) mass is 479 g/mol. The predicted octanol–water partition coefficient (Wildman–Crippen LogP) is 2.31. The van der Waals surface area contributed by atoms with Crippen molar-refractivity contribution in [2.45, 2.75) is 56.9 Å². The Morgan fingerprint density at radius 2 is 1.91 bits per heavy atom. The lowest BCUT2D eigenvalue weighted by atomic mass is 9.62. The summed E-state index contributed by atoms with van der Waals surface area (Å²) in [6, 6.07) is 12.0. The van der Waals surface area contributed by atoms with Gasteiger partial charge in [-0.05, 0) is 48.6 Å². The maximum atomic E-state index is 14.0. The smallest absolute Gasteiger partial charge is 0.250 e. The normalized spacial score (nSPS) is 34.2. The highest BCUT2D eigenvalue weighted by Crippen LogP contribution is 2.65. The van der Waals surface area contributed by atoms with Crippen molar-refractivity contribution in [3.63, 3.8) is 0 Å². The maximum Gasteiger partial charge on any atom is 0.250 e. The van der Waals surface area contributed by atoms with Gasteiger partial charge in [0, 0.05) is 12.7 Å². The summed E-state index contributed by atoms with van der Waals surface area (Å²) in [5, 5.41) is 17.9. The zero-order valence-corrected chi connectivity index (χ0v) is 20.6. The molecular weight excluding hydrogens is 446 g/mol. The third kappa shape index (κ3) is 3.23. The molecule has 3 amide bonds. The number of aliphatic hydroxyl groups excluding tert-OH is 1. The average molecular weight is 480 g/mol. The van der Waals surface area contributed by atoms with E-state index in [-0.39, 0.29) is 30.2 Å².